The van der Waals surface area contributed by atoms with Crippen LogP contribution in [0.4, 0.5) is 5.69 Å². The molecule has 0 saturated carbocycles. The molecule has 6 heteroatoms. The minimum absolute atomic E-state index is 0.173. The Labute approximate surface area is 142 Å². The first kappa shape index (κ1) is 18.0. The summed E-state index contributed by atoms with van der Waals surface area (Å²) >= 11 is 0. The number of carbonyl (C=O) groups is 1. The van der Waals surface area contributed by atoms with E-state index in [4.69, 9.17) is 4.74 Å². The Kier molecular flexibility index (Phi) is 5.62. The van der Waals surface area contributed by atoms with E-state index >= 15 is 0 Å². The van der Waals surface area contributed by atoms with Crippen LogP contribution in [0.15, 0.2) is 47.4 Å². The van der Waals surface area contributed by atoms with Crippen LogP contribution in [0.2, 0.25) is 0 Å². The van der Waals surface area contributed by atoms with Crippen molar-refractivity contribution in [2.24, 2.45) is 0 Å². The highest BCUT2D eigenvalue weighted by Crippen LogP contribution is 2.19. The van der Waals surface area contributed by atoms with Crippen molar-refractivity contribution in [1.29, 1.82) is 0 Å². The van der Waals surface area contributed by atoms with Gasteiger partial charge in [-0.3, -0.25) is 4.79 Å². The van der Waals surface area contributed by atoms with Crippen molar-refractivity contribution in [1.82, 2.24) is 0 Å². The zero-order valence-corrected chi connectivity index (χ0v) is 14.8. The number of amides is 1. The third-order valence-electron chi connectivity index (χ3n) is 3.46. The molecule has 0 aliphatic carbocycles. The summed E-state index contributed by atoms with van der Waals surface area (Å²) in [5, 5.41) is 2.68. The van der Waals surface area contributed by atoms with Crippen LogP contribution in [0.1, 0.15) is 17.5 Å². The fraction of sp³-hybridized carbons (Fsp3) is 0.278. The van der Waals surface area contributed by atoms with E-state index in [9.17, 15) is 13.2 Å². The molecule has 128 valence electrons. The smallest absolute Gasteiger partial charge is 0.227 e. The topological polar surface area (TPSA) is 72.5 Å². The van der Waals surface area contributed by atoms with Crippen LogP contribution >= 0.6 is 0 Å². The van der Waals surface area contributed by atoms with Crippen LogP contribution in [0.25, 0.3) is 0 Å². The number of ether oxygens (including phenoxy) is 1. The molecule has 24 heavy (non-hydrogen) atoms. The van der Waals surface area contributed by atoms with Gasteiger partial charge in [0.25, 0.3) is 0 Å². The molecule has 0 atom stereocenters. The van der Waals surface area contributed by atoms with Crippen LogP contribution in [0, 0.1) is 13.8 Å². The molecule has 2 aromatic rings. The summed E-state index contributed by atoms with van der Waals surface area (Å²) in [6.07, 6.45) is 1.31. The van der Waals surface area contributed by atoms with Crippen molar-refractivity contribution in [3.05, 3.63) is 53.6 Å². The van der Waals surface area contributed by atoms with E-state index in [0.717, 1.165) is 23.1 Å². The lowest BCUT2D eigenvalue weighted by atomic mass is 10.1. The second-order valence-electron chi connectivity index (χ2n) is 5.72. The number of benzene rings is 2. The largest absolute Gasteiger partial charge is 0.493 e. The van der Waals surface area contributed by atoms with E-state index in [1.807, 2.05) is 32.0 Å². The molecule has 0 radical (unpaired) electrons. The molecule has 5 nitrogen and oxygen atoms in total. The van der Waals surface area contributed by atoms with E-state index < -0.39 is 9.84 Å². The van der Waals surface area contributed by atoms with E-state index in [1.165, 1.54) is 12.1 Å². The highest BCUT2D eigenvalue weighted by atomic mass is 32.2. The Morgan fingerprint density at radius 2 is 1.88 bits per heavy atom. The van der Waals surface area contributed by atoms with Crippen molar-refractivity contribution >= 4 is 21.4 Å². The Balaban J connectivity index is 1.90. The van der Waals surface area contributed by atoms with Crippen molar-refractivity contribution in [2.75, 3.05) is 18.2 Å². The highest BCUT2D eigenvalue weighted by molar-refractivity contribution is 7.90. The molecule has 1 N–H and O–H groups in total. The number of nitrogens with one attached hydrogen (secondary N) is 1. The second kappa shape index (κ2) is 7.49. The van der Waals surface area contributed by atoms with E-state index in [1.54, 1.807) is 12.1 Å². The van der Waals surface area contributed by atoms with Gasteiger partial charge in [0.15, 0.2) is 9.84 Å². The van der Waals surface area contributed by atoms with E-state index in [2.05, 4.69) is 5.32 Å². The zero-order chi connectivity index (χ0) is 17.7. The Hall–Kier alpha value is -2.34. The zero-order valence-electron chi connectivity index (χ0n) is 14.0. The van der Waals surface area contributed by atoms with Crippen LogP contribution in [0.3, 0.4) is 0 Å². The lowest BCUT2D eigenvalue weighted by molar-refractivity contribution is -0.116. The maximum absolute atomic E-state index is 12.0. The first-order valence-electron chi connectivity index (χ1n) is 7.56. The number of anilines is 1. The molecule has 0 aliphatic rings. The van der Waals surface area contributed by atoms with Gasteiger partial charge in [-0.2, -0.15) is 0 Å². The average molecular weight is 347 g/mol. The summed E-state index contributed by atoms with van der Waals surface area (Å²) in [6, 6.07) is 12.0. The lowest BCUT2D eigenvalue weighted by Crippen LogP contribution is -2.15. The van der Waals surface area contributed by atoms with Crippen LogP contribution in [-0.2, 0) is 14.6 Å². The van der Waals surface area contributed by atoms with Gasteiger partial charge in [0.1, 0.15) is 5.75 Å². The molecule has 0 aromatic heterocycles. The van der Waals surface area contributed by atoms with Crippen molar-refractivity contribution in [2.45, 2.75) is 25.2 Å². The predicted molar refractivity (Wildman–Crippen MR) is 94.2 cm³/mol. The van der Waals surface area contributed by atoms with Crippen molar-refractivity contribution < 1.29 is 17.9 Å². The minimum Gasteiger partial charge on any atom is -0.493 e. The molecule has 0 aliphatic heterocycles. The maximum atomic E-state index is 12.0. The Bertz CT molecular complexity index is 844. The van der Waals surface area contributed by atoms with E-state index in [-0.39, 0.29) is 23.8 Å². The number of hydrogen-bond donors (Lipinski definition) is 1. The molecule has 2 rings (SSSR count). The molecule has 0 bridgehead atoms. The summed E-state index contributed by atoms with van der Waals surface area (Å²) in [7, 11) is -3.30. The third-order valence-corrected chi connectivity index (χ3v) is 4.57. The van der Waals surface area contributed by atoms with Gasteiger partial charge >= 0.3 is 0 Å². The monoisotopic (exact) mass is 347 g/mol. The van der Waals surface area contributed by atoms with Gasteiger partial charge in [-0.15, -0.1) is 0 Å². The summed E-state index contributed by atoms with van der Waals surface area (Å²) in [5.74, 6) is 0.526. The number of rotatable bonds is 6. The Morgan fingerprint density at radius 1 is 1.12 bits per heavy atom. The lowest BCUT2D eigenvalue weighted by Gasteiger charge is -2.10. The van der Waals surface area contributed by atoms with E-state index in [0.29, 0.717) is 5.69 Å². The van der Waals surface area contributed by atoms with Crippen LogP contribution in [0.5, 0.6) is 5.75 Å². The van der Waals surface area contributed by atoms with Crippen LogP contribution in [-0.4, -0.2) is 27.2 Å². The molecule has 0 saturated heterocycles. The average Bonchev–Trinajstić information content (AvgIpc) is 2.49. The molecule has 0 heterocycles. The standard InChI is InChI=1S/C18H21NO4S/c1-13-7-8-17(14(2)11-13)23-10-9-18(20)19-15-5-4-6-16(12-15)24(3,21)22/h4-8,11-12H,9-10H2,1-3H3,(H,19,20). The highest BCUT2D eigenvalue weighted by Gasteiger charge is 2.09. The number of hydrogen-bond acceptors (Lipinski definition) is 4. The number of aryl methyl sites for hydroxylation is 2. The third kappa shape index (κ3) is 5.09. The van der Waals surface area contributed by atoms with Gasteiger partial charge in [-0.25, -0.2) is 8.42 Å². The summed E-state index contributed by atoms with van der Waals surface area (Å²) in [4.78, 5) is 12.1. The number of carbonyl (C=O) groups excluding carboxylic acids is 1. The van der Waals surface area contributed by atoms with Gasteiger partial charge in [0, 0.05) is 11.9 Å². The molecular weight excluding hydrogens is 326 g/mol. The molecule has 0 unspecified atom stereocenters. The van der Waals surface area contributed by atoms with Gasteiger partial charge < -0.3 is 10.1 Å². The first-order valence-corrected chi connectivity index (χ1v) is 9.45. The summed E-state index contributed by atoms with van der Waals surface area (Å²) < 4.78 is 28.7. The minimum atomic E-state index is -3.30. The van der Waals surface area contributed by atoms with Gasteiger partial charge in [-0.05, 0) is 43.7 Å². The number of sulfone groups is 1. The molecule has 0 spiro atoms. The van der Waals surface area contributed by atoms with Crippen molar-refractivity contribution in [3.63, 3.8) is 0 Å². The van der Waals surface area contributed by atoms with Crippen molar-refractivity contribution in [3.8, 4) is 5.75 Å². The maximum Gasteiger partial charge on any atom is 0.227 e. The Morgan fingerprint density at radius 3 is 2.54 bits per heavy atom. The SMILES string of the molecule is Cc1ccc(OCCC(=O)Nc2cccc(S(C)(=O)=O)c2)c(C)c1. The second-order valence-corrected chi connectivity index (χ2v) is 7.73. The fourth-order valence-electron chi connectivity index (χ4n) is 2.24. The molecule has 0 fully saturated rings. The summed E-state index contributed by atoms with van der Waals surface area (Å²) in [5.41, 5.74) is 2.63. The predicted octanol–water partition coefficient (Wildman–Crippen LogP) is 3.11. The quantitative estimate of drug-likeness (QED) is 0.871. The molecule has 1 amide bonds. The van der Waals surface area contributed by atoms with Gasteiger partial charge in [0.2, 0.25) is 5.91 Å². The molecular formula is C18H21NO4S. The van der Waals surface area contributed by atoms with Gasteiger partial charge in [0.05, 0.1) is 17.9 Å². The van der Waals surface area contributed by atoms with Gasteiger partial charge in [-0.1, -0.05) is 23.8 Å². The molecule has 2 aromatic carbocycles. The normalized spacial score (nSPS) is 11.1. The first-order chi connectivity index (χ1) is 11.3. The summed E-state index contributed by atoms with van der Waals surface area (Å²) in [6.45, 7) is 4.22. The fourth-order valence-corrected chi connectivity index (χ4v) is 2.91. The van der Waals surface area contributed by atoms with Crippen LogP contribution < -0.4 is 10.1 Å².